The summed E-state index contributed by atoms with van der Waals surface area (Å²) in [5.41, 5.74) is 0.382. The first-order valence-corrected chi connectivity index (χ1v) is 4.71. The Bertz CT molecular complexity index is 359. The van der Waals surface area contributed by atoms with E-state index in [-0.39, 0.29) is 5.30 Å². The molecule has 0 spiro atoms. The van der Waals surface area contributed by atoms with Gasteiger partial charge in [-0.1, -0.05) is 0 Å². The second-order valence-electron chi connectivity index (χ2n) is 2.20. The van der Waals surface area contributed by atoms with Gasteiger partial charge in [0.05, 0.1) is 16.9 Å². The van der Waals surface area contributed by atoms with E-state index in [1.807, 2.05) is 6.07 Å². The summed E-state index contributed by atoms with van der Waals surface area (Å²) in [7, 11) is -4.16. The number of nitriles is 1. The first-order chi connectivity index (χ1) is 5.54. The third kappa shape index (κ3) is 1.93. The topological polar surface area (TPSA) is 81.3 Å². The molecule has 1 aromatic carbocycles. The van der Waals surface area contributed by atoms with E-state index in [0.29, 0.717) is 5.56 Å². The van der Waals surface area contributed by atoms with Gasteiger partial charge in [-0.25, -0.2) is 0 Å². The number of benzene rings is 1. The molecule has 0 aliphatic rings. The molecule has 1 rings (SSSR count). The molecule has 5 heteroatoms. The summed E-state index contributed by atoms with van der Waals surface area (Å²) in [6.07, 6.45) is 0. The van der Waals surface area contributed by atoms with E-state index in [9.17, 15) is 4.57 Å². The zero-order valence-corrected chi connectivity index (χ0v) is 6.90. The average Bonchev–Trinajstić information content (AvgIpc) is 2.03. The van der Waals surface area contributed by atoms with Gasteiger partial charge >= 0.3 is 7.60 Å². The van der Waals surface area contributed by atoms with E-state index < -0.39 is 7.60 Å². The van der Waals surface area contributed by atoms with Crippen molar-refractivity contribution >= 4 is 12.9 Å². The molecule has 62 valence electrons. The van der Waals surface area contributed by atoms with Crippen molar-refractivity contribution in [1.82, 2.24) is 0 Å². The minimum absolute atomic E-state index is 0.0681. The number of rotatable bonds is 1. The highest BCUT2D eigenvalue weighted by atomic mass is 31.2. The fourth-order valence-corrected chi connectivity index (χ4v) is 1.27. The van der Waals surface area contributed by atoms with Gasteiger partial charge in [0, 0.05) is 0 Å². The summed E-state index contributed by atoms with van der Waals surface area (Å²) < 4.78 is 10.6. The summed E-state index contributed by atoms with van der Waals surface area (Å²) in [6.45, 7) is 0. The molecular formula is C7H6NO3P. The lowest BCUT2D eigenvalue weighted by molar-refractivity contribution is 0.387. The Morgan fingerprint density at radius 3 is 2.08 bits per heavy atom. The van der Waals surface area contributed by atoms with E-state index >= 15 is 0 Å². The zero-order chi connectivity index (χ0) is 9.19. The van der Waals surface area contributed by atoms with E-state index in [0.717, 1.165) is 0 Å². The number of hydrogen-bond acceptors (Lipinski definition) is 2. The van der Waals surface area contributed by atoms with Gasteiger partial charge < -0.3 is 9.79 Å². The zero-order valence-electron chi connectivity index (χ0n) is 6.01. The van der Waals surface area contributed by atoms with Crippen LogP contribution in [0.15, 0.2) is 24.3 Å². The molecule has 4 nitrogen and oxygen atoms in total. The van der Waals surface area contributed by atoms with Crippen LogP contribution < -0.4 is 5.30 Å². The summed E-state index contributed by atoms with van der Waals surface area (Å²) in [6, 6.07) is 7.09. The van der Waals surface area contributed by atoms with Crippen LogP contribution in [0.5, 0.6) is 0 Å². The maximum atomic E-state index is 10.6. The van der Waals surface area contributed by atoms with Crippen LogP contribution in [0.1, 0.15) is 5.56 Å². The Hall–Kier alpha value is -1.14. The van der Waals surface area contributed by atoms with Crippen LogP contribution in [0.4, 0.5) is 0 Å². The second kappa shape index (κ2) is 3.08. The molecule has 0 aliphatic carbocycles. The molecule has 0 aromatic heterocycles. The van der Waals surface area contributed by atoms with E-state index in [2.05, 4.69) is 0 Å². The van der Waals surface area contributed by atoms with Crippen molar-refractivity contribution in [3.8, 4) is 6.07 Å². The molecule has 0 saturated carbocycles. The van der Waals surface area contributed by atoms with Crippen LogP contribution in [-0.4, -0.2) is 9.79 Å². The third-order valence-electron chi connectivity index (χ3n) is 1.33. The molecule has 12 heavy (non-hydrogen) atoms. The Morgan fingerprint density at radius 1 is 1.25 bits per heavy atom. The summed E-state index contributed by atoms with van der Waals surface area (Å²) in [4.78, 5) is 17.4. The maximum absolute atomic E-state index is 10.6. The molecule has 0 atom stereocenters. The van der Waals surface area contributed by atoms with Crippen LogP contribution in [0.25, 0.3) is 0 Å². The van der Waals surface area contributed by atoms with Crippen LogP contribution in [0.3, 0.4) is 0 Å². The lowest BCUT2D eigenvalue weighted by atomic mass is 10.2. The molecule has 0 heterocycles. The van der Waals surface area contributed by atoms with Crippen molar-refractivity contribution in [3.05, 3.63) is 29.8 Å². The summed E-state index contributed by atoms with van der Waals surface area (Å²) in [5, 5.41) is 8.32. The van der Waals surface area contributed by atoms with E-state index in [1.165, 1.54) is 24.3 Å². The largest absolute Gasteiger partial charge is 0.356 e. The minimum Gasteiger partial charge on any atom is -0.321 e. The fraction of sp³-hybridized carbons (Fsp3) is 0. The van der Waals surface area contributed by atoms with Gasteiger partial charge in [-0.3, -0.25) is 4.57 Å². The molecule has 0 bridgehead atoms. The van der Waals surface area contributed by atoms with Crippen molar-refractivity contribution in [2.24, 2.45) is 0 Å². The predicted molar refractivity (Wildman–Crippen MR) is 42.8 cm³/mol. The van der Waals surface area contributed by atoms with Gasteiger partial charge in [0.25, 0.3) is 0 Å². The molecular weight excluding hydrogens is 177 g/mol. The average molecular weight is 183 g/mol. The Labute approximate surface area is 69.2 Å². The fourth-order valence-electron chi connectivity index (χ4n) is 0.730. The Kier molecular flexibility index (Phi) is 2.30. The van der Waals surface area contributed by atoms with Gasteiger partial charge in [0.1, 0.15) is 0 Å². The van der Waals surface area contributed by atoms with Gasteiger partial charge in [-0.05, 0) is 24.3 Å². The second-order valence-corrected chi connectivity index (χ2v) is 3.81. The van der Waals surface area contributed by atoms with E-state index in [1.54, 1.807) is 0 Å². The van der Waals surface area contributed by atoms with Crippen molar-refractivity contribution < 1.29 is 14.4 Å². The molecule has 1 aromatic rings. The van der Waals surface area contributed by atoms with Crippen LogP contribution in [0.2, 0.25) is 0 Å². The number of hydrogen-bond donors (Lipinski definition) is 2. The van der Waals surface area contributed by atoms with Crippen molar-refractivity contribution in [2.75, 3.05) is 0 Å². The van der Waals surface area contributed by atoms with Gasteiger partial charge in [-0.15, -0.1) is 0 Å². The predicted octanol–water partition coefficient (Wildman–Crippen LogP) is 0.361. The van der Waals surface area contributed by atoms with E-state index in [4.69, 9.17) is 15.0 Å². The monoisotopic (exact) mass is 183 g/mol. The first-order valence-electron chi connectivity index (χ1n) is 3.10. The van der Waals surface area contributed by atoms with Crippen LogP contribution in [-0.2, 0) is 4.57 Å². The maximum Gasteiger partial charge on any atom is 0.356 e. The SMILES string of the molecule is N#Cc1ccc(P(=O)(O)O)cc1. The van der Waals surface area contributed by atoms with Crippen LogP contribution in [0, 0.1) is 11.3 Å². The standard InChI is InChI=1S/C7H6NO3P/c8-5-6-1-3-7(4-2-6)12(9,10)11/h1-4H,(H2,9,10,11). The van der Waals surface area contributed by atoms with Gasteiger partial charge in [0.2, 0.25) is 0 Å². The van der Waals surface area contributed by atoms with Gasteiger partial charge in [0.15, 0.2) is 0 Å². The quantitative estimate of drug-likeness (QED) is 0.616. The molecule has 0 saturated heterocycles. The first kappa shape index (κ1) is 8.95. The van der Waals surface area contributed by atoms with Gasteiger partial charge in [-0.2, -0.15) is 5.26 Å². The lowest BCUT2D eigenvalue weighted by Gasteiger charge is -2.01. The van der Waals surface area contributed by atoms with Crippen LogP contribution >= 0.6 is 7.60 Å². The Balaban J connectivity index is 3.11. The van der Waals surface area contributed by atoms with Crippen molar-refractivity contribution in [2.45, 2.75) is 0 Å². The molecule has 2 N–H and O–H groups in total. The normalized spacial score (nSPS) is 10.8. The molecule has 0 unspecified atom stereocenters. The lowest BCUT2D eigenvalue weighted by Crippen LogP contribution is -2.02. The number of nitrogens with zero attached hydrogens (tertiary/aromatic N) is 1. The van der Waals surface area contributed by atoms with Crippen molar-refractivity contribution in [3.63, 3.8) is 0 Å². The molecule has 0 radical (unpaired) electrons. The summed E-state index contributed by atoms with van der Waals surface area (Å²) in [5.74, 6) is 0. The third-order valence-corrected chi connectivity index (χ3v) is 2.30. The smallest absolute Gasteiger partial charge is 0.321 e. The molecule has 0 amide bonds. The highest BCUT2D eigenvalue weighted by molar-refractivity contribution is 7.60. The summed E-state index contributed by atoms with van der Waals surface area (Å²) >= 11 is 0. The van der Waals surface area contributed by atoms with Crippen molar-refractivity contribution in [1.29, 1.82) is 5.26 Å². The minimum atomic E-state index is -4.16. The highest BCUT2D eigenvalue weighted by Crippen LogP contribution is 2.32. The Morgan fingerprint density at radius 2 is 1.75 bits per heavy atom. The highest BCUT2D eigenvalue weighted by Gasteiger charge is 2.15. The molecule has 0 aliphatic heterocycles. The molecule has 0 fully saturated rings.